The molecule has 0 unspecified atom stereocenters. The summed E-state index contributed by atoms with van der Waals surface area (Å²) >= 11 is 1.65. The Kier molecular flexibility index (Phi) is 3.22. The highest BCUT2D eigenvalue weighted by molar-refractivity contribution is 7.99. The predicted molar refractivity (Wildman–Crippen MR) is 68.4 cm³/mol. The summed E-state index contributed by atoms with van der Waals surface area (Å²) in [6.45, 7) is 0.971. The van der Waals surface area contributed by atoms with Crippen LogP contribution < -0.4 is 0 Å². The molecule has 92 valence electrons. The number of aromatic nitrogens is 6. The quantitative estimate of drug-likeness (QED) is 0.514. The Bertz CT molecular complexity index is 584. The third kappa shape index (κ3) is 2.51. The van der Waals surface area contributed by atoms with Crippen molar-refractivity contribution >= 4 is 17.5 Å². The zero-order valence-corrected chi connectivity index (χ0v) is 10.5. The topological polar surface area (TPSA) is 60.9 Å². The van der Waals surface area contributed by atoms with Gasteiger partial charge in [-0.15, -0.1) is 5.10 Å². The van der Waals surface area contributed by atoms with E-state index in [-0.39, 0.29) is 0 Å². The van der Waals surface area contributed by atoms with Gasteiger partial charge < -0.3 is 4.57 Å². The summed E-state index contributed by atoms with van der Waals surface area (Å²) < 4.78 is 3.76. The standard InChI is InChI=1S/C11H12N6S/c1-3-13-10-14-11(15-17(10)6-1)18-8-2-5-16-7-4-12-9-16/h1,3-4,6-7,9H,2,5,8H2. The van der Waals surface area contributed by atoms with Gasteiger partial charge in [-0.05, 0) is 12.5 Å². The van der Waals surface area contributed by atoms with Crippen LogP contribution in [0.4, 0.5) is 0 Å². The first-order valence-electron chi connectivity index (χ1n) is 5.68. The van der Waals surface area contributed by atoms with Crippen molar-refractivity contribution in [3.63, 3.8) is 0 Å². The van der Waals surface area contributed by atoms with Crippen molar-refractivity contribution < 1.29 is 0 Å². The molecule has 0 bridgehead atoms. The molecule has 3 aromatic heterocycles. The fourth-order valence-electron chi connectivity index (χ4n) is 1.60. The number of rotatable bonds is 5. The molecule has 18 heavy (non-hydrogen) atoms. The minimum absolute atomic E-state index is 0.648. The van der Waals surface area contributed by atoms with Crippen molar-refractivity contribution in [3.05, 3.63) is 37.2 Å². The molecule has 0 saturated carbocycles. The van der Waals surface area contributed by atoms with Gasteiger partial charge in [-0.25, -0.2) is 14.5 Å². The molecule has 7 heteroatoms. The van der Waals surface area contributed by atoms with E-state index >= 15 is 0 Å². The normalized spacial score (nSPS) is 11.1. The van der Waals surface area contributed by atoms with E-state index in [1.54, 1.807) is 28.7 Å². The van der Waals surface area contributed by atoms with E-state index in [4.69, 9.17) is 0 Å². The van der Waals surface area contributed by atoms with Crippen LogP contribution in [-0.2, 0) is 6.54 Å². The molecule has 0 spiro atoms. The van der Waals surface area contributed by atoms with Crippen molar-refractivity contribution in [2.75, 3.05) is 5.75 Å². The molecule has 3 rings (SSSR count). The third-order valence-corrected chi connectivity index (χ3v) is 3.37. The summed E-state index contributed by atoms with van der Waals surface area (Å²) in [4.78, 5) is 12.5. The van der Waals surface area contributed by atoms with Crippen molar-refractivity contribution in [3.8, 4) is 0 Å². The van der Waals surface area contributed by atoms with Crippen LogP contribution in [0.15, 0.2) is 42.3 Å². The Morgan fingerprint density at radius 1 is 1.22 bits per heavy atom. The Morgan fingerprint density at radius 3 is 3.06 bits per heavy atom. The Morgan fingerprint density at radius 2 is 2.22 bits per heavy atom. The van der Waals surface area contributed by atoms with Crippen molar-refractivity contribution in [1.29, 1.82) is 0 Å². The third-order valence-electron chi connectivity index (χ3n) is 2.45. The largest absolute Gasteiger partial charge is 0.337 e. The van der Waals surface area contributed by atoms with Gasteiger partial charge in [0.1, 0.15) is 0 Å². The van der Waals surface area contributed by atoms with Crippen LogP contribution in [0.5, 0.6) is 0 Å². The second-order valence-electron chi connectivity index (χ2n) is 3.76. The summed E-state index contributed by atoms with van der Waals surface area (Å²) in [6, 6.07) is 1.84. The van der Waals surface area contributed by atoms with Crippen molar-refractivity contribution in [2.24, 2.45) is 0 Å². The SMILES string of the molecule is c1cnc2nc(SCCCn3ccnc3)nn2c1. The van der Waals surface area contributed by atoms with E-state index in [1.165, 1.54) is 0 Å². The van der Waals surface area contributed by atoms with Gasteiger partial charge in [0.05, 0.1) is 6.33 Å². The molecule has 6 nitrogen and oxygen atoms in total. The molecular weight excluding hydrogens is 248 g/mol. The maximum absolute atomic E-state index is 4.33. The van der Waals surface area contributed by atoms with E-state index in [0.717, 1.165) is 23.9 Å². The molecule has 0 aliphatic carbocycles. The van der Waals surface area contributed by atoms with Gasteiger partial charge in [-0.3, -0.25) is 0 Å². The number of thioether (sulfide) groups is 1. The number of hydrogen-bond donors (Lipinski definition) is 0. The molecule has 3 heterocycles. The summed E-state index contributed by atoms with van der Waals surface area (Å²) in [6.07, 6.45) is 10.2. The first-order chi connectivity index (χ1) is 8.92. The van der Waals surface area contributed by atoms with Crippen LogP contribution in [-0.4, -0.2) is 34.9 Å². The summed E-state index contributed by atoms with van der Waals surface area (Å²) in [5.41, 5.74) is 0. The lowest BCUT2D eigenvalue weighted by Crippen LogP contribution is -1.95. The average molecular weight is 260 g/mol. The van der Waals surface area contributed by atoms with Crippen LogP contribution in [0.25, 0.3) is 5.78 Å². The molecule has 3 aromatic rings. The number of imidazole rings is 1. The van der Waals surface area contributed by atoms with Gasteiger partial charge in [0, 0.05) is 37.1 Å². The second-order valence-corrected chi connectivity index (χ2v) is 4.82. The first-order valence-corrected chi connectivity index (χ1v) is 6.66. The fraction of sp³-hybridized carbons (Fsp3) is 0.273. The highest BCUT2D eigenvalue weighted by atomic mass is 32.2. The lowest BCUT2D eigenvalue weighted by atomic mass is 10.5. The Balaban J connectivity index is 1.53. The van der Waals surface area contributed by atoms with Crippen LogP contribution in [0.3, 0.4) is 0 Å². The van der Waals surface area contributed by atoms with E-state index in [0.29, 0.717) is 5.78 Å². The predicted octanol–water partition coefficient (Wildman–Crippen LogP) is 1.50. The lowest BCUT2D eigenvalue weighted by Gasteiger charge is -1.99. The zero-order valence-electron chi connectivity index (χ0n) is 9.68. The van der Waals surface area contributed by atoms with E-state index in [1.807, 2.05) is 24.8 Å². The van der Waals surface area contributed by atoms with Crippen LogP contribution in [0, 0.1) is 0 Å². The number of nitrogens with zero attached hydrogens (tertiary/aromatic N) is 6. The van der Waals surface area contributed by atoms with Crippen molar-refractivity contribution in [1.82, 2.24) is 29.1 Å². The molecule has 0 atom stereocenters. The van der Waals surface area contributed by atoms with Crippen LogP contribution in [0.2, 0.25) is 0 Å². The van der Waals surface area contributed by atoms with Crippen LogP contribution in [0.1, 0.15) is 6.42 Å². The summed E-state index contributed by atoms with van der Waals surface area (Å²) in [5.74, 6) is 1.63. The lowest BCUT2D eigenvalue weighted by molar-refractivity contribution is 0.683. The molecular formula is C11H12N6S. The van der Waals surface area contributed by atoms with Gasteiger partial charge >= 0.3 is 0 Å². The van der Waals surface area contributed by atoms with E-state index in [9.17, 15) is 0 Å². The monoisotopic (exact) mass is 260 g/mol. The van der Waals surface area contributed by atoms with Crippen molar-refractivity contribution in [2.45, 2.75) is 18.1 Å². The molecule has 0 saturated heterocycles. The average Bonchev–Trinajstić information content (AvgIpc) is 3.03. The first kappa shape index (κ1) is 11.2. The Labute approximate surface area is 108 Å². The minimum Gasteiger partial charge on any atom is -0.337 e. The minimum atomic E-state index is 0.648. The number of aryl methyl sites for hydroxylation is 1. The smallest absolute Gasteiger partial charge is 0.253 e. The van der Waals surface area contributed by atoms with Crippen LogP contribution >= 0.6 is 11.8 Å². The number of hydrogen-bond acceptors (Lipinski definition) is 5. The molecule has 0 aliphatic rings. The summed E-state index contributed by atoms with van der Waals surface area (Å²) in [5, 5.41) is 5.11. The molecule has 0 fully saturated rings. The highest BCUT2D eigenvalue weighted by Crippen LogP contribution is 2.14. The molecule has 0 radical (unpaired) electrons. The molecule has 0 amide bonds. The summed E-state index contributed by atoms with van der Waals surface area (Å²) in [7, 11) is 0. The maximum Gasteiger partial charge on any atom is 0.253 e. The zero-order chi connectivity index (χ0) is 12.2. The van der Waals surface area contributed by atoms with Gasteiger partial charge in [-0.2, -0.15) is 4.98 Å². The van der Waals surface area contributed by atoms with Gasteiger partial charge in [0.2, 0.25) is 5.16 Å². The van der Waals surface area contributed by atoms with E-state index in [2.05, 4.69) is 24.6 Å². The highest BCUT2D eigenvalue weighted by Gasteiger charge is 2.03. The maximum atomic E-state index is 4.33. The van der Waals surface area contributed by atoms with Gasteiger partial charge in [0.25, 0.3) is 5.78 Å². The molecule has 0 N–H and O–H groups in total. The fourth-order valence-corrected chi connectivity index (χ4v) is 2.35. The second kappa shape index (κ2) is 5.18. The van der Waals surface area contributed by atoms with Gasteiger partial charge in [-0.1, -0.05) is 11.8 Å². The van der Waals surface area contributed by atoms with E-state index < -0.39 is 0 Å². The number of fused-ring (bicyclic) bond motifs is 1. The molecule has 0 aromatic carbocycles. The molecule has 0 aliphatic heterocycles. The Hall–Kier alpha value is -1.89. The van der Waals surface area contributed by atoms with Gasteiger partial charge in [0.15, 0.2) is 0 Å².